The van der Waals surface area contributed by atoms with Crippen molar-refractivity contribution in [1.29, 1.82) is 0 Å². The van der Waals surface area contributed by atoms with Crippen LogP contribution in [0.1, 0.15) is 22.3 Å². The molecule has 1 aromatic heterocycles. The van der Waals surface area contributed by atoms with Crippen molar-refractivity contribution in [3.8, 4) is 5.69 Å². The Labute approximate surface area is 176 Å². The van der Waals surface area contributed by atoms with Gasteiger partial charge in [0, 0.05) is 17.1 Å². The van der Waals surface area contributed by atoms with Crippen molar-refractivity contribution >= 4 is 40.8 Å². The van der Waals surface area contributed by atoms with Gasteiger partial charge in [0.1, 0.15) is 12.7 Å². The number of amides is 2. The zero-order valence-electron chi connectivity index (χ0n) is 15.6. The van der Waals surface area contributed by atoms with Crippen molar-refractivity contribution in [2.75, 3.05) is 17.2 Å². The van der Waals surface area contributed by atoms with E-state index in [-0.39, 0.29) is 5.91 Å². The quantitative estimate of drug-likeness (QED) is 0.607. The summed E-state index contributed by atoms with van der Waals surface area (Å²) in [6.45, 7) is -0.476. The number of aromatic nitrogens is 3. The van der Waals surface area contributed by atoms with Gasteiger partial charge in [-0.1, -0.05) is 11.6 Å². The third-order valence-corrected chi connectivity index (χ3v) is 4.70. The summed E-state index contributed by atoms with van der Waals surface area (Å²) >= 11 is 6.03. The summed E-state index contributed by atoms with van der Waals surface area (Å²) in [5.74, 6) is -1.22. The fourth-order valence-corrected chi connectivity index (χ4v) is 3.22. The summed E-state index contributed by atoms with van der Waals surface area (Å²) in [6, 6.07) is 9.77. The number of hydrogen-bond donors (Lipinski definition) is 2. The van der Waals surface area contributed by atoms with Gasteiger partial charge in [0.2, 0.25) is 5.91 Å². The van der Waals surface area contributed by atoms with Gasteiger partial charge in [-0.15, -0.1) is 0 Å². The maximum Gasteiger partial charge on any atom is 0.338 e. The van der Waals surface area contributed by atoms with E-state index in [0.29, 0.717) is 40.5 Å². The van der Waals surface area contributed by atoms with Crippen LogP contribution in [0, 0.1) is 0 Å². The molecule has 1 aliphatic rings. The summed E-state index contributed by atoms with van der Waals surface area (Å²) in [4.78, 5) is 40.0. The molecule has 0 saturated heterocycles. The Morgan fingerprint density at radius 3 is 2.87 bits per heavy atom. The highest BCUT2D eigenvalue weighted by Gasteiger charge is 2.18. The van der Waals surface area contributed by atoms with Crippen LogP contribution in [0.4, 0.5) is 11.4 Å². The van der Waals surface area contributed by atoms with Crippen LogP contribution in [0.15, 0.2) is 49.1 Å². The first kappa shape index (κ1) is 19.6. The normalized spacial score (nSPS) is 12.6. The van der Waals surface area contributed by atoms with Gasteiger partial charge < -0.3 is 15.4 Å². The topological polar surface area (TPSA) is 115 Å². The Morgan fingerprint density at radius 2 is 2.07 bits per heavy atom. The molecule has 0 saturated carbocycles. The molecule has 0 bridgehead atoms. The first-order valence-corrected chi connectivity index (χ1v) is 9.42. The fraction of sp³-hybridized carbons (Fsp3) is 0.150. The van der Waals surface area contributed by atoms with Crippen molar-refractivity contribution in [1.82, 2.24) is 14.8 Å². The molecule has 0 atom stereocenters. The zero-order valence-corrected chi connectivity index (χ0v) is 16.3. The highest BCUT2D eigenvalue weighted by Crippen LogP contribution is 2.25. The largest absolute Gasteiger partial charge is 0.452 e. The molecular weight excluding hydrogens is 410 g/mol. The van der Waals surface area contributed by atoms with E-state index in [9.17, 15) is 14.4 Å². The Balaban J connectivity index is 1.40. The van der Waals surface area contributed by atoms with E-state index in [1.165, 1.54) is 17.3 Å². The average Bonchev–Trinajstić information content (AvgIpc) is 3.26. The minimum Gasteiger partial charge on any atom is -0.452 e. The number of carbonyl (C=O) groups is 3. The molecule has 0 unspecified atom stereocenters. The van der Waals surface area contributed by atoms with Gasteiger partial charge in [-0.25, -0.2) is 14.5 Å². The number of halogens is 1. The van der Waals surface area contributed by atoms with Crippen molar-refractivity contribution < 1.29 is 19.1 Å². The SMILES string of the molecule is O=C1CCc2cc(C(=O)OCC(=O)Nc3cc(Cl)ccc3-n3cncn3)ccc2N1. The molecule has 0 radical (unpaired) electrons. The van der Waals surface area contributed by atoms with E-state index >= 15 is 0 Å². The van der Waals surface area contributed by atoms with Gasteiger partial charge in [0.05, 0.1) is 16.9 Å². The summed E-state index contributed by atoms with van der Waals surface area (Å²) in [5, 5.41) is 9.87. The van der Waals surface area contributed by atoms with Crippen LogP contribution in [-0.4, -0.2) is 39.2 Å². The number of fused-ring (bicyclic) bond motifs is 1. The van der Waals surface area contributed by atoms with E-state index in [2.05, 4.69) is 20.7 Å². The number of hydrogen-bond acceptors (Lipinski definition) is 6. The highest BCUT2D eigenvalue weighted by atomic mass is 35.5. The van der Waals surface area contributed by atoms with Crippen LogP contribution in [0.3, 0.4) is 0 Å². The number of aryl methyl sites for hydroxylation is 1. The first-order chi connectivity index (χ1) is 14.5. The third kappa shape index (κ3) is 4.31. The molecule has 152 valence electrons. The molecule has 30 heavy (non-hydrogen) atoms. The lowest BCUT2D eigenvalue weighted by atomic mass is 10.0. The number of carbonyl (C=O) groups excluding carboxylic acids is 3. The van der Waals surface area contributed by atoms with E-state index < -0.39 is 18.5 Å². The predicted molar refractivity (Wildman–Crippen MR) is 109 cm³/mol. The molecule has 9 nitrogen and oxygen atoms in total. The Kier molecular flexibility index (Phi) is 5.44. The highest BCUT2D eigenvalue weighted by molar-refractivity contribution is 6.31. The van der Waals surface area contributed by atoms with Crippen LogP contribution >= 0.6 is 11.6 Å². The van der Waals surface area contributed by atoms with Crippen molar-refractivity contribution in [3.63, 3.8) is 0 Å². The summed E-state index contributed by atoms with van der Waals surface area (Å²) in [5.41, 5.74) is 2.81. The molecule has 2 aromatic carbocycles. The van der Waals surface area contributed by atoms with Gasteiger partial charge in [-0.2, -0.15) is 5.10 Å². The van der Waals surface area contributed by atoms with Crippen LogP contribution in [0.25, 0.3) is 5.69 Å². The average molecular weight is 426 g/mol. The second kappa shape index (κ2) is 8.34. The Bertz CT molecular complexity index is 1130. The molecular formula is C20H16ClN5O4. The number of nitrogens with one attached hydrogen (secondary N) is 2. The molecule has 4 rings (SSSR count). The molecule has 0 fully saturated rings. The summed E-state index contributed by atoms with van der Waals surface area (Å²) in [7, 11) is 0. The van der Waals surface area contributed by atoms with E-state index in [1.807, 2.05) is 0 Å². The van der Waals surface area contributed by atoms with Crippen LogP contribution in [-0.2, 0) is 20.7 Å². The molecule has 2 N–H and O–H groups in total. The second-order valence-corrected chi connectivity index (χ2v) is 6.98. The lowest BCUT2D eigenvalue weighted by Crippen LogP contribution is -2.22. The Hall–Kier alpha value is -3.72. The van der Waals surface area contributed by atoms with Crippen LogP contribution in [0.2, 0.25) is 5.02 Å². The molecule has 0 spiro atoms. The minimum absolute atomic E-state index is 0.0548. The number of anilines is 2. The van der Waals surface area contributed by atoms with Gasteiger partial charge in [0.15, 0.2) is 6.61 Å². The van der Waals surface area contributed by atoms with Crippen molar-refractivity contribution in [2.24, 2.45) is 0 Å². The maximum absolute atomic E-state index is 12.3. The standard InChI is InChI=1S/C20H16ClN5O4/c21-14-3-5-17(26-11-22-10-23-26)16(8-14)25-19(28)9-30-20(29)13-1-4-15-12(7-13)2-6-18(27)24-15/h1,3-5,7-8,10-11H,2,6,9H2,(H,24,27)(H,25,28). The fourth-order valence-electron chi connectivity index (χ4n) is 3.05. The summed E-state index contributed by atoms with van der Waals surface area (Å²) in [6.07, 6.45) is 3.76. The minimum atomic E-state index is -0.632. The number of benzene rings is 2. The zero-order chi connectivity index (χ0) is 21.1. The maximum atomic E-state index is 12.3. The number of nitrogens with zero attached hydrogens (tertiary/aromatic N) is 3. The number of esters is 1. The molecule has 10 heteroatoms. The van der Waals surface area contributed by atoms with Gasteiger partial charge in [-0.05, 0) is 48.4 Å². The third-order valence-electron chi connectivity index (χ3n) is 4.47. The van der Waals surface area contributed by atoms with E-state index in [0.717, 1.165) is 5.56 Å². The molecule has 2 heterocycles. The van der Waals surface area contributed by atoms with E-state index in [4.69, 9.17) is 16.3 Å². The predicted octanol–water partition coefficient (Wildman–Crippen LogP) is 2.60. The molecule has 3 aromatic rings. The Morgan fingerprint density at radius 1 is 1.20 bits per heavy atom. The molecule has 2 amide bonds. The monoisotopic (exact) mass is 425 g/mol. The lowest BCUT2D eigenvalue weighted by Gasteiger charge is -2.17. The van der Waals surface area contributed by atoms with Crippen molar-refractivity contribution in [2.45, 2.75) is 12.8 Å². The number of rotatable bonds is 5. The van der Waals surface area contributed by atoms with Gasteiger partial charge in [-0.3, -0.25) is 9.59 Å². The van der Waals surface area contributed by atoms with Crippen LogP contribution < -0.4 is 10.6 Å². The van der Waals surface area contributed by atoms with Crippen LogP contribution in [0.5, 0.6) is 0 Å². The second-order valence-electron chi connectivity index (χ2n) is 6.55. The molecule has 0 aliphatic carbocycles. The molecule has 1 aliphatic heterocycles. The smallest absolute Gasteiger partial charge is 0.338 e. The lowest BCUT2D eigenvalue weighted by molar-refractivity contribution is -0.119. The van der Waals surface area contributed by atoms with Gasteiger partial charge in [0.25, 0.3) is 5.91 Å². The van der Waals surface area contributed by atoms with E-state index in [1.54, 1.807) is 36.4 Å². The summed E-state index contributed by atoms with van der Waals surface area (Å²) < 4.78 is 6.61. The van der Waals surface area contributed by atoms with Crippen molar-refractivity contribution in [3.05, 3.63) is 65.2 Å². The van der Waals surface area contributed by atoms with Gasteiger partial charge >= 0.3 is 5.97 Å². The first-order valence-electron chi connectivity index (χ1n) is 9.04. The number of ether oxygens (including phenoxy) is 1.